The molecule has 0 aromatic heterocycles. The summed E-state index contributed by atoms with van der Waals surface area (Å²) in [6, 6.07) is 8.57. The van der Waals surface area contributed by atoms with E-state index in [4.69, 9.17) is 4.74 Å². The monoisotopic (exact) mass is 221 g/mol. The number of aryl methyl sites for hydroxylation is 1. The average molecular weight is 221 g/mol. The summed E-state index contributed by atoms with van der Waals surface area (Å²) in [4.78, 5) is 0. The summed E-state index contributed by atoms with van der Waals surface area (Å²) in [6.45, 7) is 7.27. The Morgan fingerprint density at radius 3 is 2.56 bits per heavy atom. The summed E-state index contributed by atoms with van der Waals surface area (Å²) in [5, 5.41) is 3.32. The second kappa shape index (κ2) is 6.54. The van der Waals surface area contributed by atoms with Crippen molar-refractivity contribution < 1.29 is 4.74 Å². The van der Waals surface area contributed by atoms with Gasteiger partial charge in [0.15, 0.2) is 0 Å². The topological polar surface area (TPSA) is 21.3 Å². The maximum atomic E-state index is 5.85. The summed E-state index contributed by atoms with van der Waals surface area (Å²) in [5.74, 6) is 1.63. The van der Waals surface area contributed by atoms with Crippen molar-refractivity contribution in [3.8, 4) is 5.75 Å². The zero-order valence-electron chi connectivity index (χ0n) is 10.8. The first-order valence-electron chi connectivity index (χ1n) is 6.04. The van der Waals surface area contributed by atoms with E-state index in [-0.39, 0.29) is 0 Å². The minimum atomic E-state index is 0.421. The minimum Gasteiger partial charge on any atom is -0.492 e. The van der Waals surface area contributed by atoms with Gasteiger partial charge in [-0.25, -0.2) is 0 Å². The fourth-order valence-electron chi connectivity index (χ4n) is 1.71. The van der Waals surface area contributed by atoms with Crippen molar-refractivity contribution in [1.29, 1.82) is 0 Å². The van der Waals surface area contributed by atoms with Crippen molar-refractivity contribution >= 4 is 0 Å². The van der Waals surface area contributed by atoms with Crippen molar-refractivity contribution in [2.24, 2.45) is 5.92 Å². The standard InChI is InChI=1S/C14H23NO/c1-5-11(2)13(15-4)10-16-14-9-7-6-8-12(14)3/h6-9,11,13,15H,5,10H2,1-4H3. The minimum absolute atomic E-state index is 0.421. The Morgan fingerprint density at radius 2 is 2.00 bits per heavy atom. The van der Waals surface area contributed by atoms with E-state index in [1.54, 1.807) is 0 Å². The summed E-state index contributed by atoms with van der Waals surface area (Å²) in [6.07, 6.45) is 1.17. The number of likely N-dealkylation sites (N-methyl/N-ethyl adjacent to an activating group) is 1. The molecule has 0 aliphatic rings. The van der Waals surface area contributed by atoms with Gasteiger partial charge in [-0.3, -0.25) is 0 Å². The number of hydrogen-bond acceptors (Lipinski definition) is 2. The molecule has 0 fully saturated rings. The normalized spacial score (nSPS) is 14.5. The molecule has 2 heteroatoms. The van der Waals surface area contributed by atoms with E-state index in [0.29, 0.717) is 12.0 Å². The van der Waals surface area contributed by atoms with Crippen molar-refractivity contribution in [2.75, 3.05) is 13.7 Å². The van der Waals surface area contributed by atoms with Crippen LogP contribution in [0.15, 0.2) is 24.3 Å². The SMILES string of the molecule is CCC(C)C(COc1ccccc1C)NC. The molecule has 1 rings (SSSR count). The molecule has 0 saturated heterocycles. The molecule has 2 nitrogen and oxygen atoms in total. The molecule has 0 radical (unpaired) electrons. The Kier molecular flexibility index (Phi) is 5.33. The molecule has 0 saturated carbocycles. The maximum absolute atomic E-state index is 5.85. The largest absolute Gasteiger partial charge is 0.492 e. The Labute approximate surface area is 99.0 Å². The summed E-state index contributed by atoms with van der Waals surface area (Å²) >= 11 is 0. The molecule has 1 aromatic carbocycles. The molecule has 1 aromatic rings. The predicted octanol–water partition coefficient (Wildman–Crippen LogP) is 3.01. The van der Waals surface area contributed by atoms with Gasteiger partial charge in [-0.05, 0) is 31.5 Å². The van der Waals surface area contributed by atoms with Gasteiger partial charge in [0.05, 0.1) is 0 Å². The zero-order valence-corrected chi connectivity index (χ0v) is 10.8. The first kappa shape index (κ1) is 13.0. The molecule has 0 aliphatic carbocycles. The van der Waals surface area contributed by atoms with Crippen molar-refractivity contribution in [1.82, 2.24) is 5.32 Å². The summed E-state index contributed by atoms with van der Waals surface area (Å²) in [5.41, 5.74) is 1.20. The Balaban J connectivity index is 2.53. The molecule has 1 N–H and O–H groups in total. The third-order valence-electron chi connectivity index (χ3n) is 3.21. The van der Waals surface area contributed by atoms with Crippen molar-refractivity contribution in [3.05, 3.63) is 29.8 Å². The summed E-state index contributed by atoms with van der Waals surface area (Å²) < 4.78 is 5.85. The molecule has 0 aliphatic heterocycles. The third-order valence-corrected chi connectivity index (χ3v) is 3.21. The van der Waals surface area contributed by atoms with E-state index in [0.717, 1.165) is 12.4 Å². The Hall–Kier alpha value is -1.02. The predicted molar refractivity (Wildman–Crippen MR) is 69.0 cm³/mol. The lowest BCUT2D eigenvalue weighted by Gasteiger charge is -2.23. The van der Waals surface area contributed by atoms with E-state index in [1.165, 1.54) is 12.0 Å². The molecule has 0 amide bonds. The number of benzene rings is 1. The van der Waals surface area contributed by atoms with Crippen LogP contribution in [0.1, 0.15) is 25.8 Å². The van der Waals surface area contributed by atoms with Crippen LogP contribution in [0.2, 0.25) is 0 Å². The second-order valence-electron chi connectivity index (χ2n) is 4.36. The Morgan fingerprint density at radius 1 is 1.31 bits per heavy atom. The summed E-state index contributed by atoms with van der Waals surface area (Å²) in [7, 11) is 2.00. The highest BCUT2D eigenvalue weighted by Gasteiger charge is 2.14. The van der Waals surface area contributed by atoms with Gasteiger partial charge < -0.3 is 10.1 Å². The lowest BCUT2D eigenvalue weighted by Crippen LogP contribution is -2.37. The Bertz CT molecular complexity index is 311. The smallest absolute Gasteiger partial charge is 0.122 e. The molecule has 90 valence electrons. The zero-order chi connectivity index (χ0) is 12.0. The molecule has 0 bridgehead atoms. The average Bonchev–Trinajstić information content (AvgIpc) is 2.31. The quantitative estimate of drug-likeness (QED) is 0.797. The van der Waals surface area contributed by atoms with Crippen LogP contribution in [-0.4, -0.2) is 19.7 Å². The molecular formula is C14H23NO. The van der Waals surface area contributed by atoms with Crippen LogP contribution in [0.25, 0.3) is 0 Å². The molecule has 0 spiro atoms. The van der Waals surface area contributed by atoms with Gasteiger partial charge in [-0.1, -0.05) is 38.5 Å². The third kappa shape index (κ3) is 3.53. The van der Waals surface area contributed by atoms with Gasteiger partial charge in [-0.15, -0.1) is 0 Å². The highest BCUT2D eigenvalue weighted by molar-refractivity contribution is 5.31. The fraction of sp³-hybridized carbons (Fsp3) is 0.571. The van der Waals surface area contributed by atoms with E-state index in [2.05, 4.69) is 32.2 Å². The van der Waals surface area contributed by atoms with Crippen LogP contribution in [0, 0.1) is 12.8 Å². The first-order valence-corrected chi connectivity index (χ1v) is 6.04. The van der Waals surface area contributed by atoms with Crippen LogP contribution in [-0.2, 0) is 0 Å². The van der Waals surface area contributed by atoms with Gasteiger partial charge in [0, 0.05) is 6.04 Å². The molecule has 0 heterocycles. The molecular weight excluding hydrogens is 198 g/mol. The van der Waals surface area contributed by atoms with Gasteiger partial charge >= 0.3 is 0 Å². The van der Waals surface area contributed by atoms with Crippen LogP contribution >= 0.6 is 0 Å². The fourth-order valence-corrected chi connectivity index (χ4v) is 1.71. The lowest BCUT2D eigenvalue weighted by atomic mass is 10.0. The van der Waals surface area contributed by atoms with Crippen LogP contribution in [0.3, 0.4) is 0 Å². The van der Waals surface area contributed by atoms with Crippen LogP contribution < -0.4 is 10.1 Å². The molecule has 2 unspecified atom stereocenters. The van der Waals surface area contributed by atoms with Gasteiger partial charge in [0.1, 0.15) is 12.4 Å². The van der Waals surface area contributed by atoms with Crippen molar-refractivity contribution in [2.45, 2.75) is 33.2 Å². The first-order chi connectivity index (χ1) is 7.69. The van der Waals surface area contributed by atoms with Gasteiger partial charge in [0.2, 0.25) is 0 Å². The van der Waals surface area contributed by atoms with Gasteiger partial charge in [0.25, 0.3) is 0 Å². The van der Waals surface area contributed by atoms with E-state index >= 15 is 0 Å². The van der Waals surface area contributed by atoms with Crippen LogP contribution in [0.4, 0.5) is 0 Å². The lowest BCUT2D eigenvalue weighted by molar-refractivity contribution is 0.227. The number of ether oxygens (including phenoxy) is 1. The van der Waals surface area contributed by atoms with E-state index in [1.807, 2.05) is 25.2 Å². The highest BCUT2D eigenvalue weighted by atomic mass is 16.5. The maximum Gasteiger partial charge on any atom is 0.122 e. The highest BCUT2D eigenvalue weighted by Crippen LogP contribution is 2.17. The number of para-hydroxylation sites is 1. The second-order valence-corrected chi connectivity index (χ2v) is 4.36. The van der Waals surface area contributed by atoms with E-state index < -0.39 is 0 Å². The van der Waals surface area contributed by atoms with Crippen LogP contribution in [0.5, 0.6) is 5.75 Å². The number of rotatable bonds is 6. The molecule has 2 atom stereocenters. The van der Waals surface area contributed by atoms with Crippen molar-refractivity contribution in [3.63, 3.8) is 0 Å². The number of nitrogens with one attached hydrogen (secondary N) is 1. The van der Waals surface area contributed by atoms with E-state index in [9.17, 15) is 0 Å². The molecule has 16 heavy (non-hydrogen) atoms. The van der Waals surface area contributed by atoms with Gasteiger partial charge in [-0.2, -0.15) is 0 Å². The number of hydrogen-bond donors (Lipinski definition) is 1.